The van der Waals surface area contributed by atoms with Crippen LogP contribution in [0, 0.1) is 6.92 Å². The van der Waals surface area contributed by atoms with E-state index in [1.807, 2.05) is 0 Å². The third-order valence-electron chi connectivity index (χ3n) is 3.67. The molecule has 0 saturated carbocycles. The summed E-state index contributed by atoms with van der Waals surface area (Å²) in [5.41, 5.74) is 0.178. The highest BCUT2D eigenvalue weighted by atomic mass is 19.4. The molecule has 0 bridgehead atoms. The number of esters is 1. The molecule has 1 N–H and O–H groups in total. The summed E-state index contributed by atoms with van der Waals surface area (Å²) in [6.07, 6.45) is -4.05. The molecule has 1 amide bonds. The zero-order chi connectivity index (χ0) is 19.3. The van der Waals surface area contributed by atoms with Gasteiger partial charge in [0.2, 0.25) is 0 Å². The number of benzene rings is 1. The fraction of sp³-hybridized carbons (Fsp3) is 0.353. The van der Waals surface area contributed by atoms with E-state index in [1.54, 1.807) is 6.92 Å². The number of carbonyl (C=O) groups excluding carboxylic acids is 2. The van der Waals surface area contributed by atoms with Gasteiger partial charge in [-0.25, -0.2) is 4.79 Å². The Hall–Kier alpha value is -2.84. The first-order valence-electron chi connectivity index (χ1n) is 7.80. The van der Waals surface area contributed by atoms with Crippen LogP contribution in [0.5, 0.6) is 0 Å². The van der Waals surface area contributed by atoms with Gasteiger partial charge in [0.15, 0.2) is 5.69 Å². The van der Waals surface area contributed by atoms with E-state index in [-0.39, 0.29) is 19.0 Å². The summed E-state index contributed by atoms with van der Waals surface area (Å²) in [5, 5.41) is 6.20. The van der Waals surface area contributed by atoms with Crippen LogP contribution >= 0.6 is 0 Å². The number of hydrogen-bond acceptors (Lipinski definition) is 4. The summed E-state index contributed by atoms with van der Waals surface area (Å²) in [7, 11) is 1.27. The quantitative estimate of drug-likeness (QED) is 0.628. The van der Waals surface area contributed by atoms with E-state index in [0.29, 0.717) is 23.2 Å². The van der Waals surface area contributed by atoms with Gasteiger partial charge < -0.3 is 10.1 Å². The number of rotatable bonds is 6. The van der Waals surface area contributed by atoms with Gasteiger partial charge in [-0.15, -0.1) is 0 Å². The van der Waals surface area contributed by atoms with Gasteiger partial charge in [0.05, 0.1) is 12.7 Å². The van der Waals surface area contributed by atoms with E-state index < -0.39 is 17.8 Å². The van der Waals surface area contributed by atoms with Crippen molar-refractivity contribution < 1.29 is 27.5 Å². The lowest BCUT2D eigenvalue weighted by Crippen LogP contribution is -2.25. The zero-order valence-electron chi connectivity index (χ0n) is 14.3. The smallest absolute Gasteiger partial charge is 0.435 e. The summed E-state index contributed by atoms with van der Waals surface area (Å²) in [6.45, 7) is 2.07. The van der Waals surface area contributed by atoms with Gasteiger partial charge in [-0.1, -0.05) is 0 Å². The molecule has 0 aliphatic rings. The van der Waals surface area contributed by atoms with Crippen molar-refractivity contribution in [2.75, 3.05) is 13.7 Å². The van der Waals surface area contributed by atoms with Crippen LogP contribution < -0.4 is 5.32 Å². The van der Waals surface area contributed by atoms with E-state index in [9.17, 15) is 22.8 Å². The van der Waals surface area contributed by atoms with Crippen LogP contribution in [0.1, 0.15) is 38.5 Å². The Morgan fingerprint density at radius 1 is 1.19 bits per heavy atom. The lowest BCUT2D eigenvalue weighted by Gasteiger charge is -2.07. The Balaban J connectivity index is 1.83. The number of ether oxygens (including phenoxy) is 1. The molecule has 0 aliphatic heterocycles. The van der Waals surface area contributed by atoms with E-state index >= 15 is 0 Å². The lowest BCUT2D eigenvalue weighted by atomic mass is 10.1. The van der Waals surface area contributed by atoms with E-state index in [0.717, 1.165) is 6.07 Å². The zero-order valence-corrected chi connectivity index (χ0v) is 14.3. The van der Waals surface area contributed by atoms with Crippen LogP contribution in [0.2, 0.25) is 0 Å². The number of aromatic nitrogens is 2. The molecule has 6 nitrogen and oxygen atoms in total. The van der Waals surface area contributed by atoms with Crippen molar-refractivity contribution in [3.8, 4) is 0 Å². The number of hydrogen-bond donors (Lipinski definition) is 1. The van der Waals surface area contributed by atoms with Gasteiger partial charge in [0.25, 0.3) is 5.91 Å². The first kappa shape index (κ1) is 19.5. The highest BCUT2D eigenvalue weighted by Gasteiger charge is 2.34. The van der Waals surface area contributed by atoms with Crippen LogP contribution in [-0.4, -0.2) is 35.3 Å². The van der Waals surface area contributed by atoms with Crippen LogP contribution in [0.4, 0.5) is 13.2 Å². The maximum Gasteiger partial charge on any atom is 0.435 e. The van der Waals surface area contributed by atoms with E-state index in [4.69, 9.17) is 0 Å². The minimum absolute atomic E-state index is 0.253. The number of nitrogens with zero attached hydrogens (tertiary/aromatic N) is 2. The highest BCUT2D eigenvalue weighted by Crippen LogP contribution is 2.28. The third-order valence-corrected chi connectivity index (χ3v) is 3.67. The second-order valence-corrected chi connectivity index (χ2v) is 5.57. The van der Waals surface area contributed by atoms with Gasteiger partial charge in [0, 0.05) is 24.3 Å². The first-order valence-corrected chi connectivity index (χ1v) is 7.80. The van der Waals surface area contributed by atoms with Crippen LogP contribution in [-0.2, 0) is 17.5 Å². The summed E-state index contributed by atoms with van der Waals surface area (Å²) in [6, 6.07) is 6.93. The van der Waals surface area contributed by atoms with Crippen molar-refractivity contribution in [1.82, 2.24) is 15.1 Å². The molecule has 9 heteroatoms. The van der Waals surface area contributed by atoms with Crippen molar-refractivity contribution in [3.05, 3.63) is 52.8 Å². The standard InChI is InChI=1S/C17H18F3N3O3/c1-11-10-14(17(18,19)20)22-23(11)9-3-8-21-15(24)12-4-6-13(7-5-12)16(25)26-2/h4-7,10H,3,8-9H2,1-2H3,(H,21,24). The Bertz CT molecular complexity index is 783. The molecule has 0 unspecified atom stereocenters. The maximum absolute atomic E-state index is 12.6. The van der Waals surface area contributed by atoms with E-state index in [2.05, 4.69) is 15.2 Å². The molecule has 1 aromatic heterocycles. The molecule has 0 radical (unpaired) electrons. The molecule has 0 saturated heterocycles. The van der Waals surface area contributed by atoms with E-state index in [1.165, 1.54) is 36.1 Å². The maximum atomic E-state index is 12.6. The number of amides is 1. The number of nitrogens with one attached hydrogen (secondary N) is 1. The molecule has 0 aliphatic carbocycles. The van der Waals surface area contributed by atoms with Crippen LogP contribution in [0.3, 0.4) is 0 Å². The lowest BCUT2D eigenvalue weighted by molar-refractivity contribution is -0.141. The van der Waals surface area contributed by atoms with Gasteiger partial charge in [0.1, 0.15) is 0 Å². The fourth-order valence-electron chi connectivity index (χ4n) is 2.28. The summed E-state index contributed by atoms with van der Waals surface area (Å²) < 4.78 is 43.6. The molecule has 140 valence electrons. The highest BCUT2D eigenvalue weighted by molar-refractivity contribution is 5.96. The van der Waals surface area contributed by atoms with Crippen molar-refractivity contribution in [2.24, 2.45) is 0 Å². The molecule has 1 heterocycles. The third kappa shape index (κ3) is 4.84. The Morgan fingerprint density at radius 3 is 2.35 bits per heavy atom. The summed E-state index contributed by atoms with van der Waals surface area (Å²) in [4.78, 5) is 23.3. The van der Waals surface area contributed by atoms with Gasteiger partial charge >= 0.3 is 12.1 Å². The molecule has 0 fully saturated rings. The minimum atomic E-state index is -4.47. The van der Waals surface area contributed by atoms with Gasteiger partial charge in [-0.2, -0.15) is 18.3 Å². The second kappa shape index (κ2) is 8.03. The number of aryl methyl sites for hydroxylation is 2. The van der Waals surface area contributed by atoms with Gasteiger partial charge in [-0.05, 0) is 43.7 Å². The SMILES string of the molecule is COC(=O)c1ccc(C(=O)NCCCn2nc(C(F)(F)F)cc2C)cc1. The Labute approximate surface area is 147 Å². The summed E-state index contributed by atoms with van der Waals surface area (Å²) >= 11 is 0. The molecule has 2 rings (SSSR count). The van der Waals surface area contributed by atoms with Crippen molar-refractivity contribution in [1.29, 1.82) is 0 Å². The predicted molar refractivity (Wildman–Crippen MR) is 86.7 cm³/mol. The van der Waals surface area contributed by atoms with Crippen LogP contribution in [0.15, 0.2) is 30.3 Å². The van der Waals surface area contributed by atoms with Crippen molar-refractivity contribution in [3.63, 3.8) is 0 Å². The molecule has 2 aromatic rings. The second-order valence-electron chi connectivity index (χ2n) is 5.57. The Kier molecular flexibility index (Phi) is 6.01. The topological polar surface area (TPSA) is 73.2 Å². The summed E-state index contributed by atoms with van der Waals surface area (Å²) in [5.74, 6) is -0.834. The average molecular weight is 369 g/mol. The normalized spacial score (nSPS) is 11.3. The first-order chi connectivity index (χ1) is 12.2. The van der Waals surface area contributed by atoms with Gasteiger partial charge in [-0.3, -0.25) is 9.48 Å². The minimum Gasteiger partial charge on any atom is -0.465 e. The molecule has 26 heavy (non-hydrogen) atoms. The predicted octanol–water partition coefficient (Wildman–Crippen LogP) is 2.82. The monoisotopic (exact) mass is 369 g/mol. The Morgan fingerprint density at radius 2 is 1.81 bits per heavy atom. The number of carbonyl (C=O) groups is 2. The van der Waals surface area contributed by atoms with Crippen molar-refractivity contribution in [2.45, 2.75) is 26.1 Å². The fourth-order valence-corrected chi connectivity index (χ4v) is 2.28. The van der Waals surface area contributed by atoms with Crippen molar-refractivity contribution >= 4 is 11.9 Å². The number of methoxy groups -OCH3 is 1. The molecule has 1 aromatic carbocycles. The van der Waals surface area contributed by atoms with Crippen LogP contribution in [0.25, 0.3) is 0 Å². The molecule has 0 spiro atoms. The number of halogens is 3. The molecular weight excluding hydrogens is 351 g/mol. The number of alkyl halides is 3. The molecular formula is C17H18F3N3O3. The average Bonchev–Trinajstić information content (AvgIpc) is 2.99. The molecule has 0 atom stereocenters. The largest absolute Gasteiger partial charge is 0.465 e.